The minimum absolute atomic E-state index is 0.0242. The molecule has 2 aromatic rings. The summed E-state index contributed by atoms with van der Waals surface area (Å²) in [5, 5.41) is 14.5. The molecule has 0 bridgehead atoms. The molecule has 3 amide bonds. The average Bonchev–Trinajstić information content (AvgIpc) is 3.34. The number of hydrogen-bond donors (Lipinski definition) is 3. The quantitative estimate of drug-likeness (QED) is 0.474. The van der Waals surface area contributed by atoms with Gasteiger partial charge in [-0.2, -0.15) is 0 Å². The Kier molecular flexibility index (Phi) is 8.72. The van der Waals surface area contributed by atoms with Crippen LogP contribution in [0.1, 0.15) is 42.1 Å². The number of hydrogen-bond acceptors (Lipinski definition) is 5. The number of carboxylic acids is 1. The van der Waals surface area contributed by atoms with Crippen LogP contribution in [-0.2, 0) is 25.6 Å². The summed E-state index contributed by atoms with van der Waals surface area (Å²) in [6.45, 7) is 1.78. The second kappa shape index (κ2) is 11.9. The zero-order valence-corrected chi connectivity index (χ0v) is 19.5. The molecule has 1 heterocycles. The van der Waals surface area contributed by atoms with Crippen molar-refractivity contribution in [3.8, 4) is 0 Å². The molecule has 0 aliphatic carbocycles. The second-order valence-corrected chi connectivity index (χ2v) is 8.54. The SMILES string of the molecule is C[C@H](NC(=O)CC(NC(=O)c1ccccc1)C(=O)Cc1ccccc1)C(=O)N1CCC[C@H]1C(=O)O. The van der Waals surface area contributed by atoms with E-state index in [9.17, 15) is 29.1 Å². The van der Waals surface area contributed by atoms with Crippen LogP contribution in [0.2, 0.25) is 0 Å². The van der Waals surface area contributed by atoms with E-state index in [1.54, 1.807) is 54.6 Å². The smallest absolute Gasteiger partial charge is 0.326 e. The first kappa shape index (κ1) is 25.6. The number of benzene rings is 2. The number of amides is 3. The average molecular weight is 480 g/mol. The number of carboxylic acid groups (broad SMARTS) is 1. The molecule has 184 valence electrons. The van der Waals surface area contributed by atoms with Crippen LogP contribution in [-0.4, -0.2) is 64.2 Å². The van der Waals surface area contributed by atoms with Gasteiger partial charge in [0.15, 0.2) is 5.78 Å². The molecule has 0 spiro atoms. The van der Waals surface area contributed by atoms with Crippen LogP contribution in [0.15, 0.2) is 60.7 Å². The summed E-state index contributed by atoms with van der Waals surface area (Å²) in [7, 11) is 0. The molecule has 0 radical (unpaired) electrons. The fourth-order valence-corrected chi connectivity index (χ4v) is 4.08. The summed E-state index contributed by atoms with van der Waals surface area (Å²) in [5.74, 6) is -3.01. The normalized spacial score (nSPS) is 16.7. The maximum Gasteiger partial charge on any atom is 0.326 e. The predicted octanol–water partition coefficient (Wildman–Crippen LogP) is 1.57. The highest BCUT2D eigenvalue weighted by molar-refractivity contribution is 6.00. The van der Waals surface area contributed by atoms with Crippen LogP contribution in [0.5, 0.6) is 0 Å². The first-order valence-electron chi connectivity index (χ1n) is 11.5. The predicted molar refractivity (Wildman–Crippen MR) is 127 cm³/mol. The Hall–Kier alpha value is -4.01. The Morgan fingerprint density at radius 2 is 1.60 bits per heavy atom. The molecular weight excluding hydrogens is 450 g/mol. The highest BCUT2D eigenvalue weighted by atomic mass is 16.4. The lowest BCUT2D eigenvalue weighted by molar-refractivity contribution is -0.149. The Bertz CT molecular complexity index is 1070. The molecule has 1 aliphatic heterocycles. The monoisotopic (exact) mass is 479 g/mol. The van der Waals surface area contributed by atoms with Crippen molar-refractivity contribution in [1.82, 2.24) is 15.5 Å². The van der Waals surface area contributed by atoms with Gasteiger partial charge < -0.3 is 20.6 Å². The molecule has 1 fully saturated rings. The van der Waals surface area contributed by atoms with Crippen molar-refractivity contribution in [2.45, 2.75) is 50.7 Å². The molecule has 3 atom stereocenters. The molecule has 9 heteroatoms. The van der Waals surface area contributed by atoms with Crippen LogP contribution in [0.4, 0.5) is 0 Å². The molecule has 0 saturated carbocycles. The third kappa shape index (κ3) is 6.99. The van der Waals surface area contributed by atoms with Gasteiger partial charge in [0.05, 0.1) is 12.5 Å². The highest BCUT2D eigenvalue weighted by Gasteiger charge is 2.36. The summed E-state index contributed by atoms with van der Waals surface area (Å²) in [5.41, 5.74) is 1.09. The van der Waals surface area contributed by atoms with Gasteiger partial charge in [-0.3, -0.25) is 19.2 Å². The summed E-state index contributed by atoms with van der Waals surface area (Å²) in [4.78, 5) is 63.9. The number of likely N-dealkylation sites (tertiary alicyclic amines) is 1. The maximum atomic E-state index is 13.0. The van der Waals surface area contributed by atoms with Crippen molar-refractivity contribution < 1.29 is 29.1 Å². The Morgan fingerprint density at radius 3 is 2.23 bits per heavy atom. The molecule has 1 aliphatic rings. The Labute approximate surface area is 203 Å². The summed E-state index contributed by atoms with van der Waals surface area (Å²) in [6, 6.07) is 14.3. The molecule has 2 aromatic carbocycles. The molecule has 3 N–H and O–H groups in total. The second-order valence-electron chi connectivity index (χ2n) is 8.54. The van der Waals surface area contributed by atoms with E-state index in [0.717, 1.165) is 5.56 Å². The van der Waals surface area contributed by atoms with E-state index < -0.39 is 41.8 Å². The first-order chi connectivity index (χ1) is 16.8. The Morgan fingerprint density at radius 1 is 0.971 bits per heavy atom. The molecule has 3 rings (SSSR count). The van der Waals surface area contributed by atoms with E-state index in [-0.39, 0.29) is 18.6 Å². The summed E-state index contributed by atoms with van der Waals surface area (Å²) >= 11 is 0. The van der Waals surface area contributed by atoms with Crippen LogP contribution in [0.3, 0.4) is 0 Å². The third-order valence-electron chi connectivity index (χ3n) is 5.91. The number of carbonyl (C=O) groups is 5. The number of nitrogens with zero attached hydrogens (tertiary/aromatic N) is 1. The number of ketones is 1. The molecule has 35 heavy (non-hydrogen) atoms. The minimum Gasteiger partial charge on any atom is -0.480 e. The van der Waals surface area contributed by atoms with Crippen molar-refractivity contribution in [2.75, 3.05) is 6.54 Å². The number of nitrogens with one attached hydrogen (secondary N) is 2. The van der Waals surface area contributed by atoms with Crippen LogP contribution >= 0.6 is 0 Å². The lowest BCUT2D eigenvalue weighted by atomic mass is 10.0. The fraction of sp³-hybridized carbons (Fsp3) is 0.346. The van der Waals surface area contributed by atoms with Crippen molar-refractivity contribution in [3.05, 3.63) is 71.8 Å². The fourth-order valence-electron chi connectivity index (χ4n) is 4.08. The van der Waals surface area contributed by atoms with Crippen LogP contribution in [0, 0.1) is 0 Å². The van der Waals surface area contributed by atoms with Gasteiger partial charge in [0.25, 0.3) is 5.91 Å². The van der Waals surface area contributed by atoms with E-state index in [1.165, 1.54) is 11.8 Å². The van der Waals surface area contributed by atoms with Gasteiger partial charge in [0.2, 0.25) is 11.8 Å². The molecule has 9 nitrogen and oxygen atoms in total. The van der Waals surface area contributed by atoms with Gasteiger partial charge in [0, 0.05) is 18.5 Å². The number of aliphatic carboxylic acids is 1. The van der Waals surface area contributed by atoms with Crippen LogP contribution < -0.4 is 10.6 Å². The highest BCUT2D eigenvalue weighted by Crippen LogP contribution is 2.18. The van der Waals surface area contributed by atoms with Gasteiger partial charge in [-0.1, -0.05) is 48.5 Å². The number of rotatable bonds is 10. The van der Waals surface area contributed by atoms with Crippen molar-refractivity contribution >= 4 is 29.5 Å². The maximum absolute atomic E-state index is 13.0. The first-order valence-corrected chi connectivity index (χ1v) is 11.5. The molecule has 0 aromatic heterocycles. The lowest BCUT2D eigenvalue weighted by Crippen LogP contribution is -2.52. The largest absolute Gasteiger partial charge is 0.480 e. The van der Waals surface area contributed by atoms with Gasteiger partial charge in [-0.15, -0.1) is 0 Å². The van der Waals surface area contributed by atoms with Gasteiger partial charge in [-0.25, -0.2) is 4.79 Å². The summed E-state index contributed by atoms with van der Waals surface area (Å²) in [6.07, 6.45) is 0.606. The van der Waals surface area contributed by atoms with Gasteiger partial charge in [-0.05, 0) is 37.5 Å². The van der Waals surface area contributed by atoms with Gasteiger partial charge in [0.1, 0.15) is 12.1 Å². The van der Waals surface area contributed by atoms with Crippen molar-refractivity contribution in [3.63, 3.8) is 0 Å². The minimum atomic E-state index is -1.11. The zero-order chi connectivity index (χ0) is 25.4. The standard InChI is InChI=1S/C26H29N3O6/c1-17(25(33)29-14-8-13-21(29)26(34)35)27-23(31)16-20(22(30)15-18-9-4-2-5-10-18)28-24(32)19-11-6-3-7-12-19/h2-7,9-12,17,20-21H,8,13-16H2,1H3,(H,27,31)(H,28,32)(H,34,35)/t17-,20?,21-/m0/s1. The third-order valence-corrected chi connectivity index (χ3v) is 5.91. The molecule has 1 saturated heterocycles. The lowest BCUT2D eigenvalue weighted by Gasteiger charge is -2.26. The summed E-state index contributed by atoms with van der Waals surface area (Å²) < 4.78 is 0. The molecule has 1 unspecified atom stereocenters. The van der Waals surface area contributed by atoms with E-state index in [1.807, 2.05) is 6.07 Å². The van der Waals surface area contributed by atoms with E-state index in [2.05, 4.69) is 10.6 Å². The molecular formula is C26H29N3O6. The van der Waals surface area contributed by atoms with Crippen molar-refractivity contribution in [1.29, 1.82) is 0 Å². The van der Waals surface area contributed by atoms with Gasteiger partial charge >= 0.3 is 5.97 Å². The van der Waals surface area contributed by atoms with Crippen molar-refractivity contribution in [2.24, 2.45) is 0 Å². The number of carbonyl (C=O) groups excluding carboxylic acids is 4. The number of Topliss-reactive ketones (excluding diaryl/α,β-unsaturated/α-hetero) is 1. The Balaban J connectivity index is 1.67. The van der Waals surface area contributed by atoms with E-state index in [4.69, 9.17) is 0 Å². The van der Waals surface area contributed by atoms with E-state index >= 15 is 0 Å². The topological polar surface area (TPSA) is 133 Å². The zero-order valence-electron chi connectivity index (χ0n) is 19.5. The van der Waals surface area contributed by atoms with E-state index in [0.29, 0.717) is 24.9 Å². The van der Waals surface area contributed by atoms with Crippen LogP contribution in [0.25, 0.3) is 0 Å².